The molecule has 64 valence electrons. The minimum Gasteiger partial charge on any atom is -0.283 e. The van der Waals surface area contributed by atoms with E-state index in [4.69, 9.17) is 0 Å². The zero-order valence-electron chi connectivity index (χ0n) is 7.12. The van der Waals surface area contributed by atoms with Gasteiger partial charge in [0.2, 0.25) is 0 Å². The SMILES string of the molecule is CN1NCNC1c1ccccc1. The van der Waals surface area contributed by atoms with Crippen molar-refractivity contribution in [3.8, 4) is 0 Å². The molecule has 12 heavy (non-hydrogen) atoms. The van der Waals surface area contributed by atoms with Gasteiger partial charge in [-0.1, -0.05) is 30.3 Å². The van der Waals surface area contributed by atoms with Gasteiger partial charge < -0.3 is 0 Å². The van der Waals surface area contributed by atoms with Gasteiger partial charge in [-0.2, -0.15) is 0 Å². The predicted octanol–water partition coefficient (Wildman–Crippen LogP) is 0.682. The van der Waals surface area contributed by atoms with Gasteiger partial charge in [0.1, 0.15) is 0 Å². The molecule has 0 spiro atoms. The first-order valence-electron chi connectivity index (χ1n) is 4.12. The van der Waals surface area contributed by atoms with Crippen LogP contribution in [0.15, 0.2) is 30.3 Å². The Balaban J connectivity index is 2.19. The summed E-state index contributed by atoms with van der Waals surface area (Å²) in [7, 11) is 2.04. The summed E-state index contributed by atoms with van der Waals surface area (Å²) in [6.45, 7) is 0.843. The van der Waals surface area contributed by atoms with Crippen molar-refractivity contribution in [1.82, 2.24) is 15.8 Å². The molecule has 1 atom stereocenters. The molecule has 0 saturated carbocycles. The van der Waals surface area contributed by atoms with E-state index in [0.29, 0.717) is 6.17 Å². The number of nitrogens with one attached hydrogen (secondary N) is 2. The molecule has 3 heteroatoms. The van der Waals surface area contributed by atoms with E-state index >= 15 is 0 Å². The summed E-state index contributed by atoms with van der Waals surface area (Å²) in [4.78, 5) is 0. The highest BCUT2D eigenvalue weighted by molar-refractivity contribution is 5.18. The normalized spacial score (nSPS) is 24.6. The molecule has 0 radical (unpaired) electrons. The largest absolute Gasteiger partial charge is 0.283 e. The standard InChI is InChI=1S/C9H13N3/c1-12-9(10-7-11-12)8-5-3-2-4-6-8/h2-6,9-11H,7H2,1H3. The highest BCUT2D eigenvalue weighted by Gasteiger charge is 2.20. The zero-order chi connectivity index (χ0) is 8.39. The molecule has 1 heterocycles. The Hall–Kier alpha value is -0.900. The number of hydrazine groups is 1. The monoisotopic (exact) mass is 163 g/mol. The van der Waals surface area contributed by atoms with Crippen molar-refractivity contribution in [3.63, 3.8) is 0 Å². The number of rotatable bonds is 1. The maximum atomic E-state index is 3.34. The van der Waals surface area contributed by atoms with Crippen molar-refractivity contribution < 1.29 is 0 Å². The third-order valence-electron chi connectivity index (χ3n) is 2.13. The van der Waals surface area contributed by atoms with E-state index in [-0.39, 0.29) is 0 Å². The Morgan fingerprint density at radius 2 is 2.08 bits per heavy atom. The summed E-state index contributed by atoms with van der Waals surface area (Å²) in [5.41, 5.74) is 4.49. The lowest BCUT2D eigenvalue weighted by Gasteiger charge is -2.18. The second-order valence-corrected chi connectivity index (χ2v) is 2.96. The van der Waals surface area contributed by atoms with Gasteiger partial charge in [-0.15, -0.1) is 0 Å². The second-order valence-electron chi connectivity index (χ2n) is 2.96. The molecule has 1 unspecified atom stereocenters. The van der Waals surface area contributed by atoms with Crippen molar-refractivity contribution in [3.05, 3.63) is 35.9 Å². The van der Waals surface area contributed by atoms with Gasteiger partial charge in [-0.3, -0.25) is 5.32 Å². The van der Waals surface area contributed by atoms with Crippen molar-refractivity contribution in [1.29, 1.82) is 0 Å². The first kappa shape index (κ1) is 7.73. The van der Waals surface area contributed by atoms with Gasteiger partial charge in [0, 0.05) is 7.05 Å². The molecule has 1 fully saturated rings. The molecule has 0 bridgehead atoms. The lowest BCUT2D eigenvalue weighted by atomic mass is 10.2. The highest BCUT2D eigenvalue weighted by atomic mass is 15.6. The molecule has 2 rings (SSSR count). The van der Waals surface area contributed by atoms with E-state index in [0.717, 1.165) is 6.67 Å². The van der Waals surface area contributed by atoms with Crippen molar-refractivity contribution in [2.24, 2.45) is 0 Å². The summed E-state index contributed by atoms with van der Waals surface area (Å²) in [6, 6.07) is 10.4. The van der Waals surface area contributed by atoms with E-state index < -0.39 is 0 Å². The van der Waals surface area contributed by atoms with E-state index in [1.807, 2.05) is 13.1 Å². The molecule has 0 aliphatic carbocycles. The molecule has 1 aliphatic heterocycles. The summed E-state index contributed by atoms with van der Waals surface area (Å²) < 4.78 is 0. The van der Waals surface area contributed by atoms with Crippen LogP contribution in [0.5, 0.6) is 0 Å². The van der Waals surface area contributed by atoms with Gasteiger partial charge in [0.25, 0.3) is 0 Å². The van der Waals surface area contributed by atoms with Crippen molar-refractivity contribution in [2.45, 2.75) is 6.17 Å². The van der Waals surface area contributed by atoms with Gasteiger partial charge in [0.05, 0.1) is 12.8 Å². The topological polar surface area (TPSA) is 27.3 Å². The molecule has 2 N–H and O–H groups in total. The fraction of sp³-hybridized carbons (Fsp3) is 0.333. The number of benzene rings is 1. The van der Waals surface area contributed by atoms with Crippen molar-refractivity contribution >= 4 is 0 Å². The Morgan fingerprint density at radius 1 is 1.33 bits per heavy atom. The van der Waals surface area contributed by atoms with Gasteiger partial charge in [0.15, 0.2) is 0 Å². The second kappa shape index (κ2) is 3.23. The quantitative estimate of drug-likeness (QED) is 0.637. The van der Waals surface area contributed by atoms with Crippen LogP contribution in [0.25, 0.3) is 0 Å². The number of hydrogen-bond donors (Lipinski definition) is 2. The lowest BCUT2D eigenvalue weighted by molar-refractivity contribution is 0.232. The summed E-state index contributed by atoms with van der Waals surface area (Å²) in [5.74, 6) is 0. The smallest absolute Gasteiger partial charge is 0.0999 e. The Morgan fingerprint density at radius 3 is 2.67 bits per heavy atom. The maximum Gasteiger partial charge on any atom is 0.0999 e. The summed E-state index contributed by atoms with van der Waals surface area (Å²) >= 11 is 0. The molecule has 0 aromatic heterocycles. The van der Waals surface area contributed by atoms with E-state index in [2.05, 4.69) is 40.0 Å². The zero-order valence-corrected chi connectivity index (χ0v) is 7.12. The fourth-order valence-electron chi connectivity index (χ4n) is 1.47. The predicted molar refractivity (Wildman–Crippen MR) is 48.1 cm³/mol. The van der Waals surface area contributed by atoms with Crippen LogP contribution >= 0.6 is 0 Å². The maximum absolute atomic E-state index is 3.34. The minimum atomic E-state index is 0.311. The molecule has 1 aromatic rings. The average molecular weight is 163 g/mol. The third kappa shape index (κ3) is 1.34. The van der Waals surface area contributed by atoms with Crippen LogP contribution in [0.2, 0.25) is 0 Å². The highest BCUT2D eigenvalue weighted by Crippen LogP contribution is 2.16. The Kier molecular flexibility index (Phi) is 2.08. The van der Waals surface area contributed by atoms with Crippen LogP contribution in [0.3, 0.4) is 0 Å². The van der Waals surface area contributed by atoms with E-state index in [9.17, 15) is 0 Å². The Labute approximate surface area is 72.4 Å². The van der Waals surface area contributed by atoms with Crippen LogP contribution < -0.4 is 10.7 Å². The van der Waals surface area contributed by atoms with Crippen LogP contribution in [-0.2, 0) is 0 Å². The first-order chi connectivity index (χ1) is 5.88. The molecule has 3 nitrogen and oxygen atoms in total. The van der Waals surface area contributed by atoms with Gasteiger partial charge in [-0.05, 0) is 5.56 Å². The molecule has 1 aliphatic rings. The van der Waals surface area contributed by atoms with Crippen molar-refractivity contribution in [2.75, 3.05) is 13.7 Å². The summed E-state index contributed by atoms with van der Waals surface area (Å²) in [5, 5.41) is 5.42. The van der Waals surface area contributed by atoms with Gasteiger partial charge in [-0.25, -0.2) is 10.4 Å². The number of nitrogens with zero attached hydrogens (tertiary/aromatic N) is 1. The first-order valence-corrected chi connectivity index (χ1v) is 4.12. The molecule has 0 amide bonds. The van der Waals surface area contributed by atoms with Crippen LogP contribution in [0, 0.1) is 0 Å². The van der Waals surface area contributed by atoms with Crippen LogP contribution in [-0.4, -0.2) is 18.7 Å². The summed E-state index contributed by atoms with van der Waals surface area (Å²) in [6.07, 6.45) is 0.311. The van der Waals surface area contributed by atoms with Crippen LogP contribution in [0.4, 0.5) is 0 Å². The minimum absolute atomic E-state index is 0.311. The average Bonchev–Trinajstić information content (AvgIpc) is 2.53. The van der Waals surface area contributed by atoms with E-state index in [1.165, 1.54) is 5.56 Å². The molecular weight excluding hydrogens is 150 g/mol. The van der Waals surface area contributed by atoms with E-state index in [1.54, 1.807) is 0 Å². The van der Waals surface area contributed by atoms with Gasteiger partial charge >= 0.3 is 0 Å². The third-order valence-corrected chi connectivity index (χ3v) is 2.13. The fourth-order valence-corrected chi connectivity index (χ4v) is 1.47. The molecular formula is C9H13N3. The number of hydrogen-bond acceptors (Lipinski definition) is 3. The molecule has 1 saturated heterocycles. The molecule has 1 aromatic carbocycles. The lowest BCUT2D eigenvalue weighted by Crippen LogP contribution is -2.28. The van der Waals surface area contributed by atoms with Crippen LogP contribution in [0.1, 0.15) is 11.7 Å². The Bertz CT molecular complexity index is 247.